The molecule has 1 aliphatic carbocycles. The van der Waals surface area contributed by atoms with Crippen molar-refractivity contribution in [3.63, 3.8) is 0 Å². The minimum absolute atomic E-state index is 0.456. The Bertz CT molecular complexity index is 917. The number of hydrogen-bond acceptors (Lipinski definition) is 5. The fraction of sp³-hybridized carbons (Fsp3) is 0.318. The molecule has 2 aromatic heterocycles. The largest absolute Gasteiger partial charge is 0.351 e. The van der Waals surface area contributed by atoms with Gasteiger partial charge >= 0.3 is 0 Å². The van der Waals surface area contributed by atoms with Crippen molar-refractivity contribution in [1.82, 2.24) is 15.0 Å². The van der Waals surface area contributed by atoms with Crippen molar-refractivity contribution in [2.24, 2.45) is 0 Å². The van der Waals surface area contributed by atoms with Gasteiger partial charge in [-0.05, 0) is 56.0 Å². The summed E-state index contributed by atoms with van der Waals surface area (Å²) in [5.41, 5.74) is 5.20. The average molecular weight is 359 g/mol. The van der Waals surface area contributed by atoms with Crippen LogP contribution >= 0.6 is 0 Å². The molecule has 0 radical (unpaired) electrons. The number of hydrogen-bond donors (Lipinski definition) is 2. The number of aromatic nitrogens is 3. The van der Waals surface area contributed by atoms with Crippen LogP contribution in [0.2, 0.25) is 0 Å². The highest BCUT2D eigenvalue weighted by atomic mass is 15.2. The van der Waals surface area contributed by atoms with Crippen molar-refractivity contribution >= 4 is 17.5 Å². The molecule has 5 heteroatoms. The molecule has 27 heavy (non-hydrogen) atoms. The minimum atomic E-state index is 0.456. The first-order chi connectivity index (χ1) is 13.2. The van der Waals surface area contributed by atoms with Crippen LogP contribution in [0.4, 0.5) is 17.5 Å². The second-order valence-electron chi connectivity index (χ2n) is 7.18. The molecule has 5 nitrogen and oxygen atoms in total. The zero-order valence-corrected chi connectivity index (χ0v) is 15.9. The Kier molecular flexibility index (Phi) is 5.01. The van der Waals surface area contributed by atoms with E-state index in [9.17, 15) is 0 Å². The van der Waals surface area contributed by atoms with Crippen LogP contribution in [0.25, 0.3) is 11.4 Å². The molecular weight excluding hydrogens is 334 g/mol. The van der Waals surface area contributed by atoms with E-state index in [1.54, 1.807) is 6.20 Å². The molecule has 138 valence electrons. The first kappa shape index (κ1) is 17.5. The molecule has 0 spiro atoms. The lowest BCUT2D eigenvalue weighted by Gasteiger charge is -2.16. The van der Waals surface area contributed by atoms with Gasteiger partial charge in [-0.1, -0.05) is 31.0 Å². The second-order valence-corrected chi connectivity index (χ2v) is 7.18. The van der Waals surface area contributed by atoms with Gasteiger partial charge in [0, 0.05) is 24.0 Å². The topological polar surface area (TPSA) is 62.7 Å². The third kappa shape index (κ3) is 4.08. The molecule has 0 bridgehead atoms. The van der Waals surface area contributed by atoms with Crippen LogP contribution in [0, 0.1) is 13.8 Å². The van der Waals surface area contributed by atoms with Gasteiger partial charge in [0.15, 0.2) is 0 Å². The Labute approximate surface area is 160 Å². The van der Waals surface area contributed by atoms with Crippen LogP contribution in [0.15, 0.2) is 48.7 Å². The van der Waals surface area contributed by atoms with Gasteiger partial charge in [0.05, 0.1) is 11.4 Å². The summed E-state index contributed by atoms with van der Waals surface area (Å²) in [6.07, 6.45) is 6.68. The maximum Gasteiger partial charge on any atom is 0.225 e. The summed E-state index contributed by atoms with van der Waals surface area (Å²) in [5, 5.41) is 6.98. The molecular formula is C22H25N5. The summed E-state index contributed by atoms with van der Waals surface area (Å²) in [6.45, 7) is 4.24. The highest BCUT2D eigenvalue weighted by molar-refractivity contribution is 5.67. The maximum atomic E-state index is 4.73. The standard InChI is InChI=1S/C22H25N5/c1-15-8-7-12-18(16(15)2)25-21-14-20(19-11-5-6-13-23-19)26-22(27-21)24-17-9-3-4-10-17/h5-8,11-14,17H,3-4,9-10H2,1-2H3,(H2,24,25,26,27). The average Bonchev–Trinajstić information content (AvgIpc) is 3.19. The summed E-state index contributed by atoms with van der Waals surface area (Å²) in [5.74, 6) is 1.44. The molecule has 0 aliphatic heterocycles. The van der Waals surface area contributed by atoms with Gasteiger partial charge in [0.25, 0.3) is 0 Å². The zero-order chi connectivity index (χ0) is 18.6. The van der Waals surface area contributed by atoms with Crippen LogP contribution in [-0.2, 0) is 0 Å². The van der Waals surface area contributed by atoms with Crippen molar-refractivity contribution < 1.29 is 0 Å². The fourth-order valence-electron chi connectivity index (χ4n) is 3.50. The number of nitrogens with one attached hydrogen (secondary N) is 2. The number of pyridine rings is 1. The van der Waals surface area contributed by atoms with Crippen molar-refractivity contribution in [1.29, 1.82) is 0 Å². The molecule has 1 aromatic carbocycles. The van der Waals surface area contributed by atoms with E-state index in [0.29, 0.717) is 12.0 Å². The quantitative estimate of drug-likeness (QED) is 0.651. The third-order valence-corrected chi connectivity index (χ3v) is 5.21. The number of benzene rings is 1. The van der Waals surface area contributed by atoms with Gasteiger partial charge in [-0.2, -0.15) is 4.98 Å². The zero-order valence-electron chi connectivity index (χ0n) is 15.9. The summed E-state index contributed by atoms with van der Waals surface area (Å²) in [6, 6.07) is 14.5. The van der Waals surface area contributed by atoms with Crippen LogP contribution in [0.5, 0.6) is 0 Å². The number of nitrogens with zero attached hydrogens (tertiary/aromatic N) is 3. The molecule has 3 aromatic rings. The molecule has 0 unspecified atom stereocenters. The van der Waals surface area contributed by atoms with Crippen LogP contribution < -0.4 is 10.6 Å². The number of rotatable bonds is 5. The van der Waals surface area contributed by atoms with Gasteiger partial charge in [-0.3, -0.25) is 4.98 Å². The first-order valence-corrected chi connectivity index (χ1v) is 9.59. The van der Waals surface area contributed by atoms with Crippen LogP contribution in [0.3, 0.4) is 0 Å². The lowest BCUT2D eigenvalue weighted by molar-refractivity contribution is 0.744. The first-order valence-electron chi connectivity index (χ1n) is 9.59. The van der Waals surface area contributed by atoms with E-state index in [1.807, 2.05) is 24.3 Å². The summed E-state index contributed by atoms with van der Waals surface area (Å²) < 4.78 is 0. The van der Waals surface area contributed by atoms with Gasteiger partial charge in [0.1, 0.15) is 5.82 Å². The SMILES string of the molecule is Cc1cccc(Nc2cc(-c3ccccn3)nc(NC3CCCC3)n2)c1C. The Hall–Kier alpha value is -2.95. The Morgan fingerprint density at radius 3 is 2.56 bits per heavy atom. The highest BCUT2D eigenvalue weighted by Crippen LogP contribution is 2.27. The van der Waals surface area contributed by atoms with Crippen LogP contribution in [0.1, 0.15) is 36.8 Å². The Morgan fingerprint density at radius 2 is 1.78 bits per heavy atom. The van der Waals surface area contributed by atoms with Crippen molar-refractivity contribution in [2.45, 2.75) is 45.6 Å². The van der Waals surface area contributed by atoms with E-state index in [2.05, 4.69) is 47.7 Å². The molecule has 0 saturated heterocycles. The van der Waals surface area contributed by atoms with E-state index < -0.39 is 0 Å². The van der Waals surface area contributed by atoms with Gasteiger partial charge in [-0.25, -0.2) is 4.98 Å². The van der Waals surface area contributed by atoms with E-state index in [0.717, 1.165) is 22.9 Å². The number of aryl methyl sites for hydroxylation is 1. The summed E-state index contributed by atoms with van der Waals surface area (Å²) in [7, 11) is 0. The molecule has 1 aliphatic rings. The molecule has 0 amide bonds. The van der Waals surface area contributed by atoms with Crippen molar-refractivity contribution in [2.75, 3.05) is 10.6 Å². The minimum Gasteiger partial charge on any atom is -0.351 e. The predicted octanol–water partition coefficient (Wildman–Crippen LogP) is 5.25. The van der Waals surface area contributed by atoms with Crippen molar-refractivity contribution in [3.8, 4) is 11.4 Å². The lowest BCUT2D eigenvalue weighted by atomic mass is 10.1. The monoisotopic (exact) mass is 359 g/mol. The van der Waals surface area contributed by atoms with Gasteiger partial charge < -0.3 is 10.6 Å². The molecule has 1 fully saturated rings. The molecule has 0 atom stereocenters. The van der Waals surface area contributed by atoms with Gasteiger partial charge in [-0.15, -0.1) is 0 Å². The normalized spacial score (nSPS) is 14.3. The maximum absolute atomic E-state index is 4.73. The van der Waals surface area contributed by atoms with E-state index >= 15 is 0 Å². The fourth-order valence-corrected chi connectivity index (χ4v) is 3.50. The van der Waals surface area contributed by atoms with Crippen LogP contribution in [-0.4, -0.2) is 21.0 Å². The molecule has 4 rings (SSSR count). The molecule has 2 heterocycles. The summed E-state index contributed by atoms with van der Waals surface area (Å²) in [4.78, 5) is 13.9. The lowest BCUT2D eigenvalue weighted by Crippen LogP contribution is -2.17. The predicted molar refractivity (Wildman–Crippen MR) is 110 cm³/mol. The number of anilines is 3. The highest BCUT2D eigenvalue weighted by Gasteiger charge is 2.17. The smallest absolute Gasteiger partial charge is 0.225 e. The van der Waals surface area contributed by atoms with E-state index in [-0.39, 0.29) is 0 Å². The molecule has 1 saturated carbocycles. The third-order valence-electron chi connectivity index (χ3n) is 5.21. The van der Waals surface area contributed by atoms with Gasteiger partial charge in [0.2, 0.25) is 5.95 Å². The Balaban J connectivity index is 1.69. The summed E-state index contributed by atoms with van der Waals surface area (Å²) >= 11 is 0. The van der Waals surface area contributed by atoms with E-state index in [1.165, 1.54) is 36.8 Å². The van der Waals surface area contributed by atoms with Crippen molar-refractivity contribution in [3.05, 3.63) is 59.8 Å². The second kappa shape index (κ2) is 7.74. The molecule has 2 N–H and O–H groups in total. The Morgan fingerprint density at radius 1 is 0.926 bits per heavy atom. The van der Waals surface area contributed by atoms with E-state index in [4.69, 9.17) is 9.97 Å².